The smallest absolute Gasteiger partial charge is 0.159 e. The Morgan fingerprint density at radius 2 is 0.966 bits per heavy atom. The molecule has 1 aliphatic rings. The van der Waals surface area contributed by atoms with E-state index in [1.165, 1.54) is 63.5 Å². The Hall–Kier alpha value is -7.34. The summed E-state index contributed by atoms with van der Waals surface area (Å²) in [4.78, 5) is 10.3. The van der Waals surface area contributed by atoms with E-state index in [2.05, 4.69) is 198 Å². The van der Waals surface area contributed by atoms with Crippen molar-refractivity contribution in [1.29, 1.82) is 0 Å². The molecule has 0 saturated carbocycles. The molecule has 0 fully saturated rings. The molecule has 9 aromatic carbocycles. The van der Waals surface area contributed by atoms with Gasteiger partial charge in [-0.05, 0) is 86.8 Å². The van der Waals surface area contributed by atoms with E-state index in [0.29, 0.717) is 5.84 Å². The van der Waals surface area contributed by atoms with Crippen molar-refractivity contribution in [2.75, 3.05) is 0 Å². The van der Waals surface area contributed by atoms with Gasteiger partial charge in [0.15, 0.2) is 5.84 Å². The molecule has 0 amide bonds. The van der Waals surface area contributed by atoms with E-state index in [0.717, 1.165) is 39.3 Å². The van der Waals surface area contributed by atoms with Crippen molar-refractivity contribution < 1.29 is 0 Å². The van der Waals surface area contributed by atoms with E-state index in [-0.39, 0.29) is 6.17 Å². The number of thiophene rings is 1. The molecular weight excluding hydrogens is 725 g/mol. The molecule has 1 aliphatic heterocycles. The first-order valence-corrected chi connectivity index (χ1v) is 20.5. The van der Waals surface area contributed by atoms with Gasteiger partial charge in [-0.1, -0.05) is 146 Å². The number of aromatic nitrogens is 1. The van der Waals surface area contributed by atoms with Gasteiger partial charge < -0.3 is 9.88 Å². The van der Waals surface area contributed by atoms with E-state index in [4.69, 9.17) is 9.98 Å². The molecule has 0 aliphatic carbocycles. The van der Waals surface area contributed by atoms with Crippen LogP contribution in [-0.2, 0) is 0 Å². The maximum Gasteiger partial charge on any atom is 0.159 e. The number of aliphatic imine (C=N–C) groups is 2. The summed E-state index contributed by atoms with van der Waals surface area (Å²) in [5, 5.41) is 13.7. The minimum atomic E-state index is -0.258. The second-order valence-corrected chi connectivity index (χ2v) is 16.2. The molecule has 3 heterocycles. The normalized spacial score (nSPS) is 14.4. The van der Waals surface area contributed by atoms with Gasteiger partial charge in [-0.2, -0.15) is 0 Å². The number of nitrogens with one attached hydrogen (secondary N) is 1. The third-order valence-electron chi connectivity index (χ3n) is 11.6. The first-order chi connectivity index (χ1) is 28.7. The molecule has 0 radical (unpaired) electrons. The van der Waals surface area contributed by atoms with Crippen LogP contribution >= 0.6 is 11.3 Å². The maximum absolute atomic E-state index is 5.15. The van der Waals surface area contributed by atoms with Crippen molar-refractivity contribution >= 4 is 86.5 Å². The van der Waals surface area contributed by atoms with Crippen molar-refractivity contribution in [2.45, 2.75) is 6.17 Å². The standard InChI is InChI=1S/C53H34N4S/c1-2-10-35(11-3-1)51-54-52(56-53(55-51)41-24-27-44-43-16-8-9-17-49(43)58-50(44)32-41)36-20-18-33(19-21-36)34-22-25-42(26-23-34)57-47-30-39-14-6-4-12-37(39)28-45(47)46-29-38-13-5-7-15-40(38)31-48(46)57/h1-32,51H,(H,54,55,56). The van der Waals surface area contributed by atoms with Gasteiger partial charge in [0.05, 0.1) is 11.0 Å². The lowest BCUT2D eigenvalue weighted by Crippen LogP contribution is -2.33. The third-order valence-corrected chi connectivity index (χ3v) is 12.7. The van der Waals surface area contributed by atoms with Gasteiger partial charge in [0, 0.05) is 47.8 Å². The molecule has 4 nitrogen and oxygen atoms in total. The Morgan fingerprint density at radius 3 is 1.64 bits per heavy atom. The molecule has 1 N–H and O–H groups in total. The number of hydrogen-bond donors (Lipinski definition) is 1. The molecule has 2 aromatic heterocycles. The van der Waals surface area contributed by atoms with Crippen molar-refractivity contribution in [3.05, 3.63) is 211 Å². The van der Waals surface area contributed by atoms with Crippen molar-refractivity contribution in [3.8, 4) is 16.8 Å². The van der Waals surface area contributed by atoms with Gasteiger partial charge in [-0.15, -0.1) is 11.3 Å². The molecule has 272 valence electrons. The minimum Gasteiger partial charge on any atom is -0.344 e. The van der Waals surface area contributed by atoms with Crippen LogP contribution in [0, 0.1) is 0 Å². The molecule has 0 bridgehead atoms. The second-order valence-electron chi connectivity index (χ2n) is 15.1. The quantitative estimate of drug-likeness (QED) is 0.187. The minimum absolute atomic E-state index is 0.258. The third kappa shape index (κ3) is 5.43. The molecule has 1 atom stereocenters. The van der Waals surface area contributed by atoms with E-state index in [1.807, 2.05) is 17.4 Å². The Labute approximate surface area is 338 Å². The number of rotatable bonds is 5. The largest absolute Gasteiger partial charge is 0.344 e. The molecule has 1 unspecified atom stereocenters. The Morgan fingerprint density at radius 1 is 0.431 bits per heavy atom. The summed E-state index contributed by atoms with van der Waals surface area (Å²) < 4.78 is 4.96. The van der Waals surface area contributed by atoms with E-state index < -0.39 is 0 Å². The van der Waals surface area contributed by atoms with Crippen LogP contribution in [0.5, 0.6) is 0 Å². The predicted molar refractivity (Wildman–Crippen MR) is 246 cm³/mol. The Kier molecular flexibility index (Phi) is 7.43. The van der Waals surface area contributed by atoms with Crippen LogP contribution < -0.4 is 5.32 Å². The van der Waals surface area contributed by atoms with E-state index >= 15 is 0 Å². The molecule has 0 spiro atoms. The van der Waals surface area contributed by atoms with Gasteiger partial charge in [0.25, 0.3) is 0 Å². The summed E-state index contributed by atoms with van der Waals surface area (Å²) in [7, 11) is 0. The zero-order valence-electron chi connectivity index (χ0n) is 31.3. The van der Waals surface area contributed by atoms with Crippen LogP contribution in [0.1, 0.15) is 22.9 Å². The van der Waals surface area contributed by atoms with Crippen LogP contribution in [0.25, 0.3) is 80.3 Å². The average molecular weight is 759 g/mol. The molecule has 0 saturated heterocycles. The molecule has 5 heteroatoms. The Bertz CT molecular complexity index is 3370. The molecule has 11 aromatic rings. The van der Waals surface area contributed by atoms with E-state index in [9.17, 15) is 0 Å². The number of fused-ring (bicyclic) bond motifs is 8. The van der Waals surface area contributed by atoms with Crippen molar-refractivity contribution in [3.63, 3.8) is 0 Å². The maximum atomic E-state index is 5.15. The first kappa shape index (κ1) is 32.9. The van der Waals surface area contributed by atoms with Crippen LogP contribution in [0.2, 0.25) is 0 Å². The van der Waals surface area contributed by atoms with Gasteiger partial charge >= 0.3 is 0 Å². The first-order valence-electron chi connectivity index (χ1n) is 19.7. The highest BCUT2D eigenvalue weighted by Gasteiger charge is 2.22. The van der Waals surface area contributed by atoms with Gasteiger partial charge in [0.1, 0.15) is 12.0 Å². The van der Waals surface area contributed by atoms with Crippen LogP contribution in [0.15, 0.2) is 204 Å². The Balaban J connectivity index is 0.907. The highest BCUT2D eigenvalue weighted by atomic mass is 32.1. The van der Waals surface area contributed by atoms with Gasteiger partial charge in [-0.3, -0.25) is 0 Å². The average Bonchev–Trinajstić information content (AvgIpc) is 3.82. The highest BCUT2D eigenvalue weighted by Crippen LogP contribution is 2.38. The number of hydrogen-bond acceptors (Lipinski definition) is 4. The summed E-state index contributed by atoms with van der Waals surface area (Å²) in [6, 6.07) is 70.0. The molecular formula is C53H34N4S. The number of benzene rings is 9. The topological polar surface area (TPSA) is 41.7 Å². The fraction of sp³-hybridized carbons (Fsp3) is 0.0189. The van der Waals surface area contributed by atoms with Crippen molar-refractivity contribution in [2.24, 2.45) is 9.98 Å². The zero-order chi connectivity index (χ0) is 38.2. The fourth-order valence-corrected chi connectivity index (χ4v) is 9.83. The second kappa shape index (κ2) is 13.1. The summed E-state index contributed by atoms with van der Waals surface area (Å²) in [6.45, 7) is 0. The number of amidine groups is 2. The lowest BCUT2D eigenvalue weighted by molar-refractivity contribution is 0.674. The predicted octanol–water partition coefficient (Wildman–Crippen LogP) is 13.6. The lowest BCUT2D eigenvalue weighted by Gasteiger charge is -2.23. The molecule has 58 heavy (non-hydrogen) atoms. The van der Waals surface area contributed by atoms with Crippen molar-refractivity contribution in [1.82, 2.24) is 9.88 Å². The van der Waals surface area contributed by atoms with Gasteiger partial charge in [-0.25, -0.2) is 9.98 Å². The zero-order valence-corrected chi connectivity index (χ0v) is 32.1. The van der Waals surface area contributed by atoms with Crippen LogP contribution in [-0.4, -0.2) is 16.2 Å². The summed E-state index contributed by atoms with van der Waals surface area (Å²) in [5.74, 6) is 1.54. The van der Waals surface area contributed by atoms with Crippen LogP contribution in [0.4, 0.5) is 0 Å². The summed E-state index contributed by atoms with van der Waals surface area (Å²) in [6.07, 6.45) is -0.258. The van der Waals surface area contributed by atoms with Gasteiger partial charge in [0.2, 0.25) is 0 Å². The summed E-state index contributed by atoms with van der Waals surface area (Å²) >= 11 is 1.82. The molecule has 12 rings (SSSR count). The summed E-state index contributed by atoms with van der Waals surface area (Å²) in [5.41, 5.74) is 8.98. The monoisotopic (exact) mass is 758 g/mol. The highest BCUT2D eigenvalue weighted by molar-refractivity contribution is 7.25. The lowest BCUT2D eigenvalue weighted by atomic mass is 10.0. The van der Waals surface area contributed by atoms with Crippen LogP contribution in [0.3, 0.4) is 0 Å². The number of nitrogens with zero attached hydrogens (tertiary/aromatic N) is 3. The fourth-order valence-electron chi connectivity index (χ4n) is 8.69. The van der Waals surface area contributed by atoms with E-state index in [1.54, 1.807) is 0 Å². The SMILES string of the molecule is c1ccc(C2N=C(c3ccc(-c4ccc(-n5c6cc7ccccc7cc6c6cc7ccccc7cc65)cc4)cc3)N=C(c3ccc4c(c3)sc3ccccc34)N2)cc1.